The van der Waals surface area contributed by atoms with Crippen molar-refractivity contribution < 1.29 is 0 Å². The first kappa shape index (κ1) is 18.8. The van der Waals surface area contributed by atoms with Gasteiger partial charge in [0.2, 0.25) is 0 Å². The zero-order valence-corrected chi connectivity index (χ0v) is 16.6. The molecule has 29 heavy (non-hydrogen) atoms. The van der Waals surface area contributed by atoms with Gasteiger partial charge in [0.05, 0.1) is 11.9 Å². The molecule has 8 heteroatoms. The molecule has 0 bridgehead atoms. The molecule has 0 aliphatic heterocycles. The first-order valence-electron chi connectivity index (χ1n) is 9.65. The highest BCUT2D eigenvalue weighted by atomic mass is 15.1. The highest BCUT2D eigenvalue weighted by Crippen LogP contribution is 2.36. The van der Waals surface area contributed by atoms with Crippen molar-refractivity contribution in [2.24, 2.45) is 15.9 Å². The summed E-state index contributed by atoms with van der Waals surface area (Å²) in [6.45, 7) is 2.23. The fourth-order valence-corrected chi connectivity index (χ4v) is 3.88. The predicted octanol–water partition coefficient (Wildman–Crippen LogP) is 3.15. The minimum Gasteiger partial charge on any atom is -0.383 e. The highest BCUT2D eigenvalue weighted by molar-refractivity contribution is 6.38. The van der Waals surface area contributed by atoms with Crippen LogP contribution < -0.4 is 16.9 Å². The normalized spacial score (nSPS) is 16.5. The van der Waals surface area contributed by atoms with Gasteiger partial charge in [0.15, 0.2) is 0 Å². The second-order valence-electron chi connectivity index (χ2n) is 7.11. The van der Waals surface area contributed by atoms with Crippen molar-refractivity contribution in [3.05, 3.63) is 47.4 Å². The third kappa shape index (κ3) is 3.61. The van der Waals surface area contributed by atoms with Crippen molar-refractivity contribution in [2.75, 3.05) is 18.1 Å². The quantitative estimate of drug-likeness (QED) is 0.350. The largest absolute Gasteiger partial charge is 0.383 e. The zero-order valence-electron chi connectivity index (χ0n) is 16.6. The van der Waals surface area contributed by atoms with Crippen LogP contribution in [-0.4, -0.2) is 33.9 Å². The molecule has 0 fully saturated rings. The lowest BCUT2D eigenvalue weighted by atomic mass is 10.00. The van der Waals surface area contributed by atoms with Crippen molar-refractivity contribution in [2.45, 2.75) is 32.1 Å². The van der Waals surface area contributed by atoms with E-state index in [-0.39, 0.29) is 0 Å². The number of nitrogens with two attached hydrogens (primary N) is 2. The molecule has 1 aliphatic carbocycles. The number of nitrogens with zero attached hydrogens (tertiary/aromatic N) is 5. The molecular weight excluding hydrogens is 364 g/mol. The summed E-state index contributed by atoms with van der Waals surface area (Å²) in [5.41, 5.74) is 10.0. The van der Waals surface area contributed by atoms with Crippen LogP contribution in [0.4, 0.5) is 17.5 Å². The second kappa shape index (κ2) is 7.83. The number of anilines is 3. The van der Waals surface area contributed by atoms with E-state index >= 15 is 0 Å². The Labute approximate surface area is 169 Å². The Morgan fingerprint density at radius 3 is 2.79 bits per heavy atom. The number of rotatable bonds is 5. The summed E-state index contributed by atoms with van der Waals surface area (Å²) in [7, 11) is 1.65. The number of hydrogen-bond acceptors (Lipinski definition) is 8. The van der Waals surface area contributed by atoms with Gasteiger partial charge in [-0.15, -0.1) is 0 Å². The molecule has 0 radical (unpaired) electrons. The van der Waals surface area contributed by atoms with E-state index in [0.717, 1.165) is 29.4 Å². The Balaban J connectivity index is 1.69. The Hall–Kier alpha value is -3.55. The van der Waals surface area contributed by atoms with Crippen LogP contribution in [0.5, 0.6) is 0 Å². The molecule has 0 saturated heterocycles. The summed E-state index contributed by atoms with van der Waals surface area (Å²) in [6.07, 6.45) is 8.60. The second-order valence-corrected chi connectivity index (χ2v) is 7.11. The SMILES string of the molecule is CC[C@@H]1CCc2cnc(Nc3cc4cc(C(C=NN)=NC)nc(N)c4cn3)cc21. The topological polar surface area (TPSA) is 127 Å². The smallest absolute Gasteiger partial charge is 0.133 e. The van der Waals surface area contributed by atoms with Crippen LogP contribution in [0.2, 0.25) is 0 Å². The van der Waals surface area contributed by atoms with Gasteiger partial charge in [-0.2, -0.15) is 5.10 Å². The number of hydrazone groups is 1. The molecule has 0 aromatic carbocycles. The average Bonchev–Trinajstić information content (AvgIpc) is 3.14. The van der Waals surface area contributed by atoms with E-state index in [1.165, 1.54) is 23.8 Å². The Bertz CT molecular complexity index is 1120. The summed E-state index contributed by atoms with van der Waals surface area (Å²) in [5, 5.41) is 8.52. The van der Waals surface area contributed by atoms with Crippen molar-refractivity contribution in [1.29, 1.82) is 0 Å². The number of pyridine rings is 3. The van der Waals surface area contributed by atoms with E-state index in [4.69, 9.17) is 11.6 Å². The van der Waals surface area contributed by atoms with Gasteiger partial charge in [-0.25, -0.2) is 15.0 Å². The summed E-state index contributed by atoms with van der Waals surface area (Å²) >= 11 is 0. The molecule has 0 unspecified atom stereocenters. The maximum absolute atomic E-state index is 6.13. The van der Waals surface area contributed by atoms with Crippen molar-refractivity contribution in [1.82, 2.24) is 15.0 Å². The number of nitrogen functional groups attached to an aromatic ring is 1. The average molecular weight is 388 g/mol. The molecule has 1 aliphatic rings. The van der Waals surface area contributed by atoms with Crippen LogP contribution in [0.3, 0.4) is 0 Å². The molecule has 0 saturated carbocycles. The highest BCUT2D eigenvalue weighted by Gasteiger charge is 2.21. The van der Waals surface area contributed by atoms with Crippen molar-refractivity contribution in [3.63, 3.8) is 0 Å². The fraction of sp³-hybridized carbons (Fsp3) is 0.286. The number of fused-ring (bicyclic) bond motifs is 2. The van der Waals surface area contributed by atoms with E-state index in [0.29, 0.717) is 29.0 Å². The molecule has 3 aromatic rings. The van der Waals surface area contributed by atoms with E-state index < -0.39 is 0 Å². The molecule has 5 N–H and O–H groups in total. The van der Waals surface area contributed by atoms with E-state index in [9.17, 15) is 0 Å². The van der Waals surface area contributed by atoms with Gasteiger partial charge in [0.25, 0.3) is 0 Å². The van der Waals surface area contributed by atoms with Crippen LogP contribution in [0.1, 0.15) is 42.5 Å². The Morgan fingerprint density at radius 2 is 2.03 bits per heavy atom. The van der Waals surface area contributed by atoms with E-state index in [1.54, 1.807) is 13.2 Å². The van der Waals surface area contributed by atoms with Crippen molar-refractivity contribution in [3.8, 4) is 0 Å². The van der Waals surface area contributed by atoms with Crippen molar-refractivity contribution >= 4 is 40.2 Å². The maximum atomic E-state index is 6.13. The maximum Gasteiger partial charge on any atom is 0.133 e. The van der Waals surface area contributed by atoms with E-state index in [2.05, 4.69) is 43.4 Å². The number of aryl methyl sites for hydroxylation is 1. The molecule has 3 heterocycles. The summed E-state index contributed by atoms with van der Waals surface area (Å²) < 4.78 is 0. The first-order chi connectivity index (χ1) is 14.1. The molecule has 0 amide bonds. The lowest BCUT2D eigenvalue weighted by Gasteiger charge is -2.12. The van der Waals surface area contributed by atoms with Crippen LogP contribution in [0.25, 0.3) is 10.8 Å². The predicted molar refractivity (Wildman–Crippen MR) is 118 cm³/mol. The number of aromatic nitrogens is 3. The summed E-state index contributed by atoms with van der Waals surface area (Å²) in [6, 6.07) is 5.97. The molecule has 8 nitrogen and oxygen atoms in total. The Morgan fingerprint density at radius 1 is 1.24 bits per heavy atom. The van der Waals surface area contributed by atoms with E-state index in [1.807, 2.05) is 18.3 Å². The number of aliphatic imine (C=N–C) groups is 1. The molecule has 148 valence electrons. The van der Waals surface area contributed by atoms with Gasteiger partial charge in [0, 0.05) is 24.8 Å². The van der Waals surface area contributed by atoms with Gasteiger partial charge < -0.3 is 16.9 Å². The number of nitrogens with one attached hydrogen (secondary N) is 1. The third-order valence-corrected chi connectivity index (χ3v) is 5.42. The van der Waals surface area contributed by atoms with Crippen LogP contribution >= 0.6 is 0 Å². The van der Waals surface area contributed by atoms with Crippen LogP contribution in [-0.2, 0) is 6.42 Å². The van der Waals surface area contributed by atoms with Gasteiger partial charge in [-0.05, 0) is 59.9 Å². The third-order valence-electron chi connectivity index (χ3n) is 5.42. The fourth-order valence-electron chi connectivity index (χ4n) is 3.88. The van der Waals surface area contributed by atoms with Crippen LogP contribution in [0.15, 0.2) is 40.7 Å². The number of hydrogen-bond donors (Lipinski definition) is 3. The van der Waals surface area contributed by atoms with Gasteiger partial charge in [0.1, 0.15) is 23.2 Å². The summed E-state index contributed by atoms with van der Waals surface area (Å²) in [5.74, 6) is 7.74. The Kier molecular flexibility index (Phi) is 5.07. The molecule has 0 spiro atoms. The minimum atomic E-state index is 0.379. The standard InChI is InChI=1S/C21H24N8/c1-3-12-4-5-13-9-25-20(8-15(12)13)29-19-7-14-6-17(18(24-2)11-27-23)28-21(22)16(14)10-26-19/h6-12H,3-5,23H2,1-2H3,(H2,22,28)(H,25,26,29)/t12-/m1/s1. The lowest BCUT2D eigenvalue weighted by Crippen LogP contribution is -2.09. The molecular formula is C21H24N8. The minimum absolute atomic E-state index is 0.379. The van der Waals surface area contributed by atoms with Gasteiger partial charge in [-0.1, -0.05) is 6.92 Å². The monoisotopic (exact) mass is 388 g/mol. The first-order valence-corrected chi connectivity index (χ1v) is 9.65. The molecule has 4 rings (SSSR count). The molecule has 1 atom stereocenters. The zero-order chi connectivity index (χ0) is 20.4. The van der Waals surface area contributed by atoms with Crippen LogP contribution in [0, 0.1) is 0 Å². The summed E-state index contributed by atoms with van der Waals surface area (Å²) in [4.78, 5) is 17.6. The van der Waals surface area contributed by atoms with Gasteiger partial charge in [-0.3, -0.25) is 4.99 Å². The molecule has 3 aromatic heterocycles. The lowest BCUT2D eigenvalue weighted by molar-refractivity contribution is 0.656. The van der Waals surface area contributed by atoms with Gasteiger partial charge >= 0.3 is 0 Å².